The molecule has 0 fully saturated rings. The molecule has 0 saturated heterocycles. The van der Waals surface area contributed by atoms with Crippen LogP contribution in [0, 0.1) is 0 Å². The third-order valence-electron chi connectivity index (χ3n) is 4.31. The Morgan fingerprint density at radius 1 is 0.962 bits per heavy atom. The first kappa shape index (κ1) is 16.7. The lowest BCUT2D eigenvalue weighted by atomic mass is 10.0. The average molecular weight is 367 g/mol. The molecule has 4 rings (SSSR count). The summed E-state index contributed by atoms with van der Waals surface area (Å²) < 4.78 is 7.10. The van der Waals surface area contributed by atoms with Gasteiger partial charge in [0.05, 0.1) is 29.4 Å². The summed E-state index contributed by atoms with van der Waals surface area (Å²) in [6, 6.07) is 20.1. The second kappa shape index (κ2) is 7.23. The molecule has 0 unspecified atom stereocenters. The van der Waals surface area contributed by atoms with Crippen LogP contribution in [0.1, 0.15) is 11.1 Å². The van der Waals surface area contributed by atoms with Gasteiger partial charge in [0.2, 0.25) is 0 Å². The van der Waals surface area contributed by atoms with E-state index in [9.17, 15) is 0 Å². The Hall–Kier alpha value is -2.76. The van der Waals surface area contributed by atoms with E-state index in [0.29, 0.717) is 18.2 Å². The van der Waals surface area contributed by atoms with Gasteiger partial charge in [-0.2, -0.15) is 5.10 Å². The summed E-state index contributed by atoms with van der Waals surface area (Å²) in [4.78, 5) is 0. The number of hydrogen-bond donors (Lipinski definition) is 2. The summed E-state index contributed by atoms with van der Waals surface area (Å²) in [6.07, 6.45) is 0. The van der Waals surface area contributed by atoms with Gasteiger partial charge >= 0.3 is 0 Å². The fourth-order valence-corrected chi connectivity index (χ4v) is 3.38. The van der Waals surface area contributed by atoms with Gasteiger partial charge < -0.3 is 4.74 Å². The number of aromatic nitrogens is 2. The van der Waals surface area contributed by atoms with Crippen molar-refractivity contribution < 1.29 is 4.74 Å². The fraction of sp³-hybridized carbons (Fsp3) is 0.150. The van der Waals surface area contributed by atoms with Crippen LogP contribution in [0.4, 0.5) is 5.82 Å². The van der Waals surface area contributed by atoms with Crippen molar-refractivity contribution in [2.45, 2.75) is 6.54 Å². The maximum Gasteiger partial charge on any atom is 0.152 e. The first-order chi connectivity index (χ1) is 12.8. The van der Waals surface area contributed by atoms with Crippen LogP contribution in [0.5, 0.6) is 0 Å². The zero-order chi connectivity index (χ0) is 17.9. The second-order valence-electron chi connectivity index (χ2n) is 5.96. The van der Waals surface area contributed by atoms with Crippen molar-refractivity contribution in [2.75, 3.05) is 19.1 Å². The number of anilines is 1. The van der Waals surface area contributed by atoms with Crippen molar-refractivity contribution in [3.05, 3.63) is 71.8 Å². The number of hydrazine groups is 1. The van der Waals surface area contributed by atoms with E-state index >= 15 is 0 Å². The molecule has 26 heavy (non-hydrogen) atoms. The molecular weight excluding hydrogens is 348 g/mol. The Kier molecular flexibility index (Phi) is 4.65. The smallest absolute Gasteiger partial charge is 0.152 e. The number of halogens is 1. The quantitative estimate of drug-likeness (QED) is 0.710. The number of nitrogens with one attached hydrogen (secondary N) is 2. The van der Waals surface area contributed by atoms with Crippen LogP contribution in [0.25, 0.3) is 22.0 Å². The van der Waals surface area contributed by atoms with Crippen molar-refractivity contribution in [1.29, 1.82) is 0 Å². The van der Waals surface area contributed by atoms with Gasteiger partial charge in [-0.15, -0.1) is 0 Å². The van der Waals surface area contributed by atoms with Crippen LogP contribution in [0.3, 0.4) is 0 Å². The summed E-state index contributed by atoms with van der Waals surface area (Å²) in [5.74, 6) is 0.839. The van der Waals surface area contributed by atoms with E-state index in [2.05, 4.69) is 10.9 Å². The third kappa shape index (κ3) is 2.96. The van der Waals surface area contributed by atoms with E-state index in [1.54, 1.807) is 7.11 Å². The molecule has 3 aromatic rings. The molecular formula is C20H19ClN4O. The van der Waals surface area contributed by atoms with Crippen molar-refractivity contribution in [2.24, 2.45) is 0 Å². The number of methoxy groups -OCH3 is 1. The van der Waals surface area contributed by atoms with Crippen LogP contribution < -0.4 is 10.9 Å². The first-order valence-corrected chi connectivity index (χ1v) is 8.80. The molecule has 0 aliphatic carbocycles. The van der Waals surface area contributed by atoms with Crippen LogP contribution in [0.15, 0.2) is 60.7 Å². The highest BCUT2D eigenvalue weighted by Crippen LogP contribution is 2.41. The van der Waals surface area contributed by atoms with E-state index in [1.165, 1.54) is 0 Å². The highest BCUT2D eigenvalue weighted by Gasteiger charge is 2.27. The van der Waals surface area contributed by atoms with Gasteiger partial charge in [-0.05, 0) is 0 Å². The van der Waals surface area contributed by atoms with Gasteiger partial charge in [0.1, 0.15) is 5.69 Å². The Balaban J connectivity index is 1.88. The van der Waals surface area contributed by atoms with Crippen molar-refractivity contribution in [1.82, 2.24) is 15.2 Å². The molecule has 2 heterocycles. The lowest BCUT2D eigenvalue weighted by molar-refractivity contribution is 0.184. The summed E-state index contributed by atoms with van der Waals surface area (Å²) >= 11 is 6.84. The maximum atomic E-state index is 6.84. The van der Waals surface area contributed by atoms with E-state index in [0.717, 1.165) is 33.9 Å². The molecule has 1 aromatic heterocycles. The number of benzene rings is 2. The Morgan fingerprint density at radius 2 is 1.62 bits per heavy atom. The number of ether oxygens (including phenoxy) is 1. The summed E-state index contributed by atoms with van der Waals surface area (Å²) in [6.45, 7) is 1.20. The van der Waals surface area contributed by atoms with E-state index in [-0.39, 0.29) is 0 Å². The maximum absolute atomic E-state index is 6.84. The van der Waals surface area contributed by atoms with E-state index in [1.807, 2.05) is 65.3 Å². The molecule has 1 aliphatic rings. The van der Waals surface area contributed by atoms with Crippen LogP contribution in [0.2, 0.25) is 0 Å². The topological polar surface area (TPSA) is 51.1 Å². The van der Waals surface area contributed by atoms with E-state index < -0.39 is 0 Å². The van der Waals surface area contributed by atoms with Crippen LogP contribution >= 0.6 is 11.6 Å². The lowest BCUT2D eigenvalue weighted by Crippen LogP contribution is -2.27. The second-order valence-corrected chi connectivity index (χ2v) is 6.34. The van der Waals surface area contributed by atoms with Crippen molar-refractivity contribution in [3.63, 3.8) is 0 Å². The number of rotatable bonds is 5. The number of hydrogen-bond acceptors (Lipinski definition) is 4. The molecule has 2 N–H and O–H groups in total. The molecule has 6 heteroatoms. The van der Waals surface area contributed by atoms with Crippen LogP contribution in [-0.2, 0) is 11.3 Å². The molecule has 2 aromatic carbocycles. The fourth-order valence-electron chi connectivity index (χ4n) is 3.04. The molecule has 132 valence electrons. The summed E-state index contributed by atoms with van der Waals surface area (Å²) in [7, 11) is 1.68. The largest absolute Gasteiger partial charge is 0.383 e. The molecule has 0 spiro atoms. The van der Waals surface area contributed by atoms with Gasteiger partial charge in [-0.1, -0.05) is 72.3 Å². The number of nitrogens with zero attached hydrogens (tertiary/aromatic N) is 2. The highest BCUT2D eigenvalue weighted by atomic mass is 35.5. The van der Waals surface area contributed by atoms with Gasteiger partial charge in [-0.25, -0.2) is 4.68 Å². The third-order valence-corrected chi connectivity index (χ3v) is 4.69. The lowest BCUT2D eigenvalue weighted by Gasteiger charge is -2.22. The summed E-state index contributed by atoms with van der Waals surface area (Å²) in [5.41, 5.74) is 11.1. The first-order valence-electron chi connectivity index (χ1n) is 8.42. The molecule has 0 amide bonds. The van der Waals surface area contributed by atoms with Gasteiger partial charge in [0.25, 0.3) is 0 Å². The Bertz CT molecular complexity index is 935. The minimum atomic E-state index is 0.566. The minimum Gasteiger partial charge on any atom is -0.383 e. The molecule has 0 atom stereocenters. The predicted molar refractivity (Wildman–Crippen MR) is 105 cm³/mol. The van der Waals surface area contributed by atoms with Crippen molar-refractivity contribution >= 4 is 28.1 Å². The molecule has 5 nitrogen and oxygen atoms in total. The summed E-state index contributed by atoms with van der Waals surface area (Å²) in [5, 5.41) is 5.44. The molecule has 0 radical (unpaired) electrons. The predicted octanol–water partition coefficient (Wildman–Crippen LogP) is 4.19. The zero-order valence-electron chi connectivity index (χ0n) is 14.4. The molecule has 0 saturated carbocycles. The molecule has 1 aliphatic heterocycles. The van der Waals surface area contributed by atoms with Gasteiger partial charge in [0.15, 0.2) is 5.82 Å². The Labute approximate surface area is 157 Å². The SMILES string of the molecule is COCCn1nc(-c2ccccc2)c2c1NNC(c1ccccc1)=C2Cl. The zero-order valence-corrected chi connectivity index (χ0v) is 15.1. The monoisotopic (exact) mass is 366 g/mol. The van der Waals surface area contributed by atoms with Crippen LogP contribution in [-0.4, -0.2) is 23.5 Å². The minimum absolute atomic E-state index is 0.566. The average Bonchev–Trinajstić information content (AvgIpc) is 3.07. The van der Waals surface area contributed by atoms with Gasteiger partial charge in [-0.3, -0.25) is 10.9 Å². The normalized spacial score (nSPS) is 13.2. The van der Waals surface area contributed by atoms with E-state index in [4.69, 9.17) is 21.4 Å². The molecule has 0 bridgehead atoms. The van der Waals surface area contributed by atoms with Crippen molar-refractivity contribution in [3.8, 4) is 11.3 Å². The standard InChI is InChI=1S/C20H19ClN4O/c1-26-13-12-25-20-16(18(24-25)14-8-4-2-5-9-14)17(21)19(22-23-20)15-10-6-3-7-11-15/h2-11,22-23H,12-13H2,1H3. The Morgan fingerprint density at radius 3 is 2.27 bits per heavy atom. The van der Waals surface area contributed by atoms with Gasteiger partial charge in [0, 0.05) is 18.2 Å². The number of fused-ring (bicyclic) bond motifs is 1. The highest BCUT2D eigenvalue weighted by molar-refractivity contribution is 6.53.